The summed E-state index contributed by atoms with van der Waals surface area (Å²) >= 11 is 0. The highest BCUT2D eigenvalue weighted by Gasteiger charge is 2.22. The molecule has 0 saturated carbocycles. The fourth-order valence-electron chi connectivity index (χ4n) is 2.54. The topological polar surface area (TPSA) is 58.7 Å². The molecule has 1 fully saturated rings. The zero-order valence-electron chi connectivity index (χ0n) is 11.2. The number of ether oxygens (including phenoxy) is 1. The van der Waals surface area contributed by atoms with Gasteiger partial charge in [-0.15, -0.1) is 0 Å². The molecule has 1 saturated heterocycles. The van der Waals surface area contributed by atoms with Crippen molar-refractivity contribution >= 4 is 0 Å². The lowest BCUT2D eigenvalue weighted by Crippen LogP contribution is -2.26. The highest BCUT2D eigenvalue weighted by molar-refractivity contribution is 5.37. The van der Waals surface area contributed by atoms with Gasteiger partial charge in [-0.05, 0) is 25.0 Å². The molecule has 0 aliphatic carbocycles. The van der Waals surface area contributed by atoms with Gasteiger partial charge in [0, 0.05) is 31.2 Å². The number of aliphatic hydroxyl groups excluding tert-OH is 1. The molecule has 1 aromatic carbocycles. The van der Waals surface area contributed by atoms with Gasteiger partial charge in [-0.25, -0.2) is 4.39 Å². The van der Waals surface area contributed by atoms with E-state index >= 15 is 0 Å². The molecule has 5 heteroatoms. The Balaban J connectivity index is 1.98. The molecule has 0 amide bonds. The second-order valence-corrected chi connectivity index (χ2v) is 4.99. The minimum atomic E-state index is -0.395. The van der Waals surface area contributed by atoms with E-state index in [4.69, 9.17) is 10.5 Å². The number of rotatable bonds is 5. The maximum Gasteiger partial charge on any atom is 0.131 e. The van der Waals surface area contributed by atoms with Gasteiger partial charge in [-0.1, -0.05) is 6.07 Å². The Bertz CT molecular complexity index is 428. The predicted molar refractivity (Wildman–Crippen MR) is 71.6 cm³/mol. The van der Waals surface area contributed by atoms with Gasteiger partial charge >= 0.3 is 0 Å². The number of nitrogens with zero attached hydrogens (tertiary/aromatic N) is 1. The van der Waals surface area contributed by atoms with Crippen LogP contribution in [0.1, 0.15) is 24.4 Å². The van der Waals surface area contributed by atoms with Crippen molar-refractivity contribution in [1.29, 1.82) is 0 Å². The van der Waals surface area contributed by atoms with Crippen molar-refractivity contribution in [3.63, 3.8) is 0 Å². The molecule has 106 valence electrons. The first-order valence-electron chi connectivity index (χ1n) is 6.60. The van der Waals surface area contributed by atoms with Crippen molar-refractivity contribution in [1.82, 2.24) is 4.90 Å². The summed E-state index contributed by atoms with van der Waals surface area (Å²) in [5, 5.41) is 9.46. The van der Waals surface area contributed by atoms with Crippen LogP contribution in [0.25, 0.3) is 0 Å². The number of hydrogen-bond donors (Lipinski definition) is 2. The normalized spacial score (nSPS) is 21.6. The van der Waals surface area contributed by atoms with Gasteiger partial charge in [0.15, 0.2) is 0 Å². The summed E-state index contributed by atoms with van der Waals surface area (Å²) in [5.74, 6) is 0.169. The van der Waals surface area contributed by atoms with Crippen molar-refractivity contribution in [2.45, 2.75) is 25.0 Å². The SMILES string of the molecule is COc1cccc(F)c1C(N)CCN1CCC(O)C1. The standard InChI is InChI=1S/C14H21FN2O2/c1-19-13-4-2-3-11(15)14(13)12(16)6-8-17-7-5-10(18)9-17/h2-4,10,12,18H,5-9,16H2,1H3. The van der Waals surface area contributed by atoms with Crippen molar-refractivity contribution in [2.24, 2.45) is 5.73 Å². The molecular weight excluding hydrogens is 247 g/mol. The molecule has 3 N–H and O–H groups in total. The molecule has 2 unspecified atom stereocenters. The Kier molecular flexibility index (Phi) is 4.74. The number of halogens is 1. The summed E-state index contributed by atoms with van der Waals surface area (Å²) < 4.78 is 19.0. The van der Waals surface area contributed by atoms with Crippen LogP contribution in [0.5, 0.6) is 5.75 Å². The van der Waals surface area contributed by atoms with E-state index in [1.165, 1.54) is 13.2 Å². The number of nitrogens with two attached hydrogens (primary N) is 1. The summed E-state index contributed by atoms with van der Waals surface area (Å²) in [5.41, 5.74) is 6.51. The van der Waals surface area contributed by atoms with Crippen LogP contribution in [0.3, 0.4) is 0 Å². The van der Waals surface area contributed by atoms with E-state index in [-0.39, 0.29) is 11.9 Å². The molecule has 0 bridgehead atoms. The number of β-amino-alcohol motifs (C(OH)–C–C–N with tert-alkyl or cyclic N) is 1. The molecule has 1 aromatic rings. The highest BCUT2D eigenvalue weighted by atomic mass is 19.1. The summed E-state index contributed by atoms with van der Waals surface area (Å²) in [6.45, 7) is 2.32. The Morgan fingerprint density at radius 3 is 3.00 bits per heavy atom. The third-order valence-corrected chi connectivity index (χ3v) is 3.61. The van der Waals surface area contributed by atoms with Crippen molar-refractivity contribution in [2.75, 3.05) is 26.7 Å². The molecular formula is C14H21FN2O2. The summed E-state index contributed by atoms with van der Waals surface area (Å²) in [4.78, 5) is 2.15. The third kappa shape index (κ3) is 3.43. The summed E-state index contributed by atoms with van der Waals surface area (Å²) in [6.07, 6.45) is 1.21. The highest BCUT2D eigenvalue weighted by Crippen LogP contribution is 2.28. The van der Waals surface area contributed by atoms with E-state index in [0.717, 1.165) is 19.5 Å². The quantitative estimate of drug-likeness (QED) is 0.845. The van der Waals surface area contributed by atoms with E-state index in [0.29, 0.717) is 24.3 Å². The fraction of sp³-hybridized carbons (Fsp3) is 0.571. The van der Waals surface area contributed by atoms with Gasteiger partial charge in [-0.3, -0.25) is 0 Å². The molecule has 0 radical (unpaired) electrons. The van der Waals surface area contributed by atoms with Crippen LogP contribution < -0.4 is 10.5 Å². The number of likely N-dealkylation sites (tertiary alicyclic amines) is 1. The Morgan fingerprint density at radius 1 is 1.58 bits per heavy atom. The zero-order valence-corrected chi connectivity index (χ0v) is 11.2. The molecule has 0 aromatic heterocycles. The predicted octanol–water partition coefficient (Wildman–Crippen LogP) is 1.29. The first-order valence-corrected chi connectivity index (χ1v) is 6.60. The first kappa shape index (κ1) is 14.2. The monoisotopic (exact) mass is 268 g/mol. The maximum atomic E-state index is 13.8. The van der Waals surface area contributed by atoms with Crippen LogP contribution in [0.4, 0.5) is 4.39 Å². The second-order valence-electron chi connectivity index (χ2n) is 4.99. The van der Waals surface area contributed by atoms with Crippen LogP contribution in [0.2, 0.25) is 0 Å². The molecule has 19 heavy (non-hydrogen) atoms. The number of benzene rings is 1. The summed E-state index contributed by atoms with van der Waals surface area (Å²) in [7, 11) is 1.52. The van der Waals surface area contributed by atoms with Gasteiger partial charge in [0.1, 0.15) is 11.6 Å². The van der Waals surface area contributed by atoms with E-state index < -0.39 is 6.04 Å². The summed E-state index contributed by atoms with van der Waals surface area (Å²) in [6, 6.07) is 4.34. The van der Waals surface area contributed by atoms with Crippen LogP contribution in [0, 0.1) is 5.82 Å². The maximum absolute atomic E-state index is 13.8. The van der Waals surface area contributed by atoms with E-state index in [2.05, 4.69) is 4.90 Å². The zero-order chi connectivity index (χ0) is 13.8. The van der Waals surface area contributed by atoms with Crippen LogP contribution >= 0.6 is 0 Å². The molecule has 2 rings (SSSR count). The molecule has 1 aliphatic heterocycles. The van der Waals surface area contributed by atoms with Crippen LogP contribution in [-0.2, 0) is 0 Å². The lowest BCUT2D eigenvalue weighted by atomic mass is 10.0. The lowest BCUT2D eigenvalue weighted by Gasteiger charge is -2.20. The lowest BCUT2D eigenvalue weighted by molar-refractivity contribution is 0.175. The minimum Gasteiger partial charge on any atom is -0.496 e. The fourth-order valence-corrected chi connectivity index (χ4v) is 2.54. The van der Waals surface area contributed by atoms with Gasteiger partial charge < -0.3 is 20.5 Å². The number of methoxy groups -OCH3 is 1. The van der Waals surface area contributed by atoms with E-state index in [9.17, 15) is 9.50 Å². The van der Waals surface area contributed by atoms with Crippen LogP contribution in [0.15, 0.2) is 18.2 Å². The molecule has 2 atom stereocenters. The van der Waals surface area contributed by atoms with Gasteiger partial charge in [-0.2, -0.15) is 0 Å². The smallest absolute Gasteiger partial charge is 0.131 e. The van der Waals surface area contributed by atoms with Crippen molar-refractivity contribution < 1.29 is 14.2 Å². The number of hydrogen-bond acceptors (Lipinski definition) is 4. The molecule has 1 heterocycles. The van der Waals surface area contributed by atoms with Crippen molar-refractivity contribution in [3.8, 4) is 5.75 Å². The molecule has 4 nitrogen and oxygen atoms in total. The third-order valence-electron chi connectivity index (χ3n) is 3.61. The number of aliphatic hydroxyl groups is 1. The Labute approximate surface area is 113 Å². The average molecular weight is 268 g/mol. The Hall–Kier alpha value is -1.17. The van der Waals surface area contributed by atoms with Gasteiger partial charge in [0.2, 0.25) is 0 Å². The van der Waals surface area contributed by atoms with E-state index in [1.807, 2.05) is 0 Å². The van der Waals surface area contributed by atoms with Crippen molar-refractivity contribution in [3.05, 3.63) is 29.6 Å². The first-order chi connectivity index (χ1) is 9.11. The van der Waals surface area contributed by atoms with Crippen LogP contribution in [-0.4, -0.2) is 42.9 Å². The van der Waals surface area contributed by atoms with Gasteiger partial charge in [0.25, 0.3) is 0 Å². The Morgan fingerprint density at radius 2 is 2.37 bits per heavy atom. The average Bonchev–Trinajstić information content (AvgIpc) is 2.81. The minimum absolute atomic E-state index is 0.237. The van der Waals surface area contributed by atoms with E-state index in [1.54, 1.807) is 12.1 Å². The largest absolute Gasteiger partial charge is 0.496 e. The van der Waals surface area contributed by atoms with Gasteiger partial charge in [0.05, 0.1) is 13.2 Å². The molecule has 0 spiro atoms. The molecule has 1 aliphatic rings. The second kappa shape index (κ2) is 6.32.